The van der Waals surface area contributed by atoms with Crippen LogP contribution >= 0.6 is 0 Å². The molecule has 1 N–H and O–H groups in total. The zero-order valence-corrected chi connectivity index (χ0v) is 15.3. The summed E-state index contributed by atoms with van der Waals surface area (Å²) in [5.41, 5.74) is 1.29. The number of amides is 1. The van der Waals surface area contributed by atoms with Crippen LogP contribution in [0.15, 0.2) is 53.4 Å². The van der Waals surface area contributed by atoms with Crippen LogP contribution in [0, 0.1) is 0 Å². The zero-order valence-electron chi connectivity index (χ0n) is 15.3. The molecule has 1 unspecified atom stereocenters. The molecule has 0 radical (unpaired) electrons. The fraction of sp³-hybridized carbons (Fsp3) is 0.200. The lowest BCUT2D eigenvalue weighted by Gasteiger charge is -2.26. The van der Waals surface area contributed by atoms with Crippen LogP contribution in [0.4, 0.5) is 5.69 Å². The van der Waals surface area contributed by atoms with Crippen LogP contribution in [-0.2, 0) is 4.79 Å². The number of rotatable bonds is 5. The van der Waals surface area contributed by atoms with Crippen molar-refractivity contribution in [2.45, 2.75) is 6.10 Å². The molecule has 1 atom stereocenters. The number of aromatic nitrogens is 1. The van der Waals surface area contributed by atoms with Gasteiger partial charge in [-0.2, -0.15) is 0 Å². The monoisotopic (exact) mass is 382 g/mol. The molecule has 8 nitrogen and oxygen atoms in total. The molecule has 0 bridgehead atoms. The van der Waals surface area contributed by atoms with Gasteiger partial charge < -0.3 is 28.7 Å². The predicted molar refractivity (Wildman–Crippen MR) is 100 cm³/mol. The van der Waals surface area contributed by atoms with Gasteiger partial charge in [0.25, 0.3) is 5.91 Å². The summed E-state index contributed by atoms with van der Waals surface area (Å²) in [5.74, 6) is 2.45. The van der Waals surface area contributed by atoms with Crippen LogP contribution in [-0.4, -0.2) is 37.8 Å². The maximum atomic E-state index is 12.6. The van der Waals surface area contributed by atoms with Gasteiger partial charge in [-0.3, -0.25) is 4.79 Å². The third-order valence-corrected chi connectivity index (χ3v) is 4.27. The lowest BCUT2D eigenvalue weighted by molar-refractivity contribution is -0.125. The van der Waals surface area contributed by atoms with E-state index in [1.165, 1.54) is 6.39 Å². The van der Waals surface area contributed by atoms with Crippen molar-refractivity contribution in [1.82, 2.24) is 4.98 Å². The van der Waals surface area contributed by atoms with Crippen LogP contribution < -0.4 is 24.3 Å². The normalized spacial score (nSPS) is 15.0. The number of benzene rings is 2. The second-order valence-corrected chi connectivity index (χ2v) is 6.00. The van der Waals surface area contributed by atoms with Crippen molar-refractivity contribution in [3.05, 3.63) is 49.0 Å². The number of carbonyl (C=O) groups is 1. The average Bonchev–Trinajstić information content (AvgIpc) is 3.27. The van der Waals surface area contributed by atoms with Gasteiger partial charge in [-0.05, 0) is 24.3 Å². The maximum Gasteiger partial charge on any atom is 0.269 e. The smallest absolute Gasteiger partial charge is 0.269 e. The highest BCUT2D eigenvalue weighted by Crippen LogP contribution is 2.36. The molecule has 0 saturated heterocycles. The van der Waals surface area contributed by atoms with E-state index in [2.05, 4.69) is 10.3 Å². The molecule has 1 aromatic heterocycles. The minimum absolute atomic E-state index is 0.110. The van der Waals surface area contributed by atoms with Crippen LogP contribution in [0.2, 0.25) is 0 Å². The summed E-state index contributed by atoms with van der Waals surface area (Å²) in [6.07, 6.45) is 2.15. The third kappa shape index (κ3) is 3.44. The van der Waals surface area contributed by atoms with Crippen LogP contribution in [0.3, 0.4) is 0 Å². The quantitative estimate of drug-likeness (QED) is 0.725. The molecule has 3 aromatic rings. The number of methoxy groups -OCH3 is 2. The first kappa shape index (κ1) is 17.7. The third-order valence-electron chi connectivity index (χ3n) is 4.27. The van der Waals surface area contributed by atoms with Crippen molar-refractivity contribution >= 4 is 11.6 Å². The van der Waals surface area contributed by atoms with E-state index in [9.17, 15) is 4.79 Å². The lowest BCUT2D eigenvalue weighted by Crippen LogP contribution is -2.40. The molecule has 8 heteroatoms. The van der Waals surface area contributed by atoms with Gasteiger partial charge in [0.05, 0.1) is 26.0 Å². The SMILES string of the molecule is COc1ccc2c(c1)OC(C(=O)Nc1ccc(-c3cnco3)c(OC)c1)CO2. The van der Waals surface area contributed by atoms with Gasteiger partial charge in [-0.25, -0.2) is 4.98 Å². The zero-order chi connectivity index (χ0) is 19.5. The summed E-state index contributed by atoms with van der Waals surface area (Å²) < 4.78 is 27.3. The molecule has 4 rings (SSSR count). The number of hydrogen-bond donors (Lipinski definition) is 1. The van der Waals surface area contributed by atoms with Crippen molar-refractivity contribution in [1.29, 1.82) is 0 Å². The Labute approximate surface area is 161 Å². The Morgan fingerprint density at radius 1 is 1.14 bits per heavy atom. The predicted octanol–water partition coefficient (Wildman–Crippen LogP) is 3.14. The van der Waals surface area contributed by atoms with Crippen LogP contribution in [0.25, 0.3) is 11.3 Å². The summed E-state index contributed by atoms with van der Waals surface area (Å²) in [6.45, 7) is 0.110. The highest BCUT2D eigenvalue weighted by Gasteiger charge is 2.28. The van der Waals surface area contributed by atoms with E-state index in [-0.39, 0.29) is 12.5 Å². The molecule has 1 aliphatic heterocycles. The fourth-order valence-corrected chi connectivity index (χ4v) is 2.85. The summed E-state index contributed by atoms with van der Waals surface area (Å²) >= 11 is 0. The molecule has 2 aromatic carbocycles. The van der Waals surface area contributed by atoms with Gasteiger partial charge in [-0.1, -0.05) is 0 Å². The van der Waals surface area contributed by atoms with Crippen molar-refractivity contribution in [2.75, 3.05) is 26.1 Å². The Morgan fingerprint density at radius 3 is 2.79 bits per heavy atom. The fourth-order valence-electron chi connectivity index (χ4n) is 2.85. The van der Waals surface area contributed by atoms with E-state index in [1.807, 2.05) is 0 Å². The number of nitrogens with zero attached hydrogens (tertiary/aromatic N) is 1. The Kier molecular flexibility index (Phi) is 4.76. The molecule has 0 fully saturated rings. The summed E-state index contributed by atoms with van der Waals surface area (Å²) in [4.78, 5) is 16.5. The topological polar surface area (TPSA) is 92.1 Å². The molecule has 144 valence electrons. The minimum atomic E-state index is -0.792. The summed E-state index contributed by atoms with van der Waals surface area (Å²) in [5, 5.41) is 2.82. The Bertz CT molecular complexity index is 986. The average molecular weight is 382 g/mol. The van der Waals surface area contributed by atoms with Crippen molar-refractivity contribution in [2.24, 2.45) is 0 Å². The van der Waals surface area contributed by atoms with Gasteiger partial charge in [0.2, 0.25) is 6.10 Å². The maximum absolute atomic E-state index is 12.6. The molecule has 0 spiro atoms. The summed E-state index contributed by atoms with van der Waals surface area (Å²) in [7, 11) is 3.11. The number of oxazole rings is 1. The van der Waals surface area contributed by atoms with E-state index >= 15 is 0 Å². The second-order valence-electron chi connectivity index (χ2n) is 6.00. The van der Waals surface area contributed by atoms with E-state index < -0.39 is 6.10 Å². The Morgan fingerprint density at radius 2 is 2.04 bits per heavy atom. The largest absolute Gasteiger partial charge is 0.497 e. The molecule has 0 saturated carbocycles. The molecule has 1 aliphatic rings. The first-order valence-electron chi connectivity index (χ1n) is 8.53. The van der Waals surface area contributed by atoms with E-state index in [0.29, 0.717) is 34.4 Å². The Balaban J connectivity index is 1.49. The molecule has 2 heterocycles. The van der Waals surface area contributed by atoms with Gasteiger partial charge in [-0.15, -0.1) is 0 Å². The molecular formula is C20H18N2O6. The first-order chi connectivity index (χ1) is 13.7. The van der Waals surface area contributed by atoms with Crippen LogP contribution in [0.5, 0.6) is 23.0 Å². The molecule has 28 heavy (non-hydrogen) atoms. The van der Waals surface area contributed by atoms with Crippen molar-refractivity contribution < 1.29 is 28.2 Å². The molecule has 1 amide bonds. The van der Waals surface area contributed by atoms with Crippen LogP contribution in [0.1, 0.15) is 0 Å². The van der Waals surface area contributed by atoms with Gasteiger partial charge in [0, 0.05) is 17.8 Å². The van der Waals surface area contributed by atoms with Crippen molar-refractivity contribution in [3.8, 4) is 34.3 Å². The lowest BCUT2D eigenvalue weighted by atomic mass is 10.1. The number of nitrogens with one attached hydrogen (secondary N) is 1. The van der Waals surface area contributed by atoms with Crippen molar-refractivity contribution in [3.63, 3.8) is 0 Å². The number of fused-ring (bicyclic) bond motifs is 1. The van der Waals surface area contributed by atoms with Gasteiger partial charge in [0.15, 0.2) is 23.7 Å². The van der Waals surface area contributed by atoms with Gasteiger partial charge >= 0.3 is 0 Å². The minimum Gasteiger partial charge on any atom is -0.497 e. The Hall–Kier alpha value is -3.68. The number of hydrogen-bond acceptors (Lipinski definition) is 7. The first-order valence-corrected chi connectivity index (χ1v) is 8.53. The highest BCUT2D eigenvalue weighted by molar-refractivity contribution is 5.95. The number of carbonyl (C=O) groups excluding carboxylic acids is 1. The molecular weight excluding hydrogens is 364 g/mol. The van der Waals surface area contributed by atoms with Gasteiger partial charge in [0.1, 0.15) is 18.1 Å². The van der Waals surface area contributed by atoms with E-state index in [1.54, 1.807) is 56.8 Å². The number of ether oxygens (including phenoxy) is 4. The summed E-state index contributed by atoms with van der Waals surface area (Å²) in [6, 6.07) is 10.4. The standard InChI is InChI=1S/C20H18N2O6/c1-24-13-4-6-15-17(8-13)28-19(10-26-15)20(23)22-12-3-5-14(16(7-12)25-2)18-9-21-11-27-18/h3-9,11,19H,10H2,1-2H3,(H,22,23). The number of anilines is 1. The second kappa shape index (κ2) is 7.51. The van der Waals surface area contributed by atoms with E-state index in [0.717, 1.165) is 5.56 Å². The highest BCUT2D eigenvalue weighted by atomic mass is 16.6. The molecule has 0 aliphatic carbocycles. The van der Waals surface area contributed by atoms with E-state index in [4.69, 9.17) is 23.4 Å².